The van der Waals surface area contributed by atoms with Crippen LogP contribution in [0.25, 0.3) is 0 Å². The van der Waals surface area contributed by atoms with Gasteiger partial charge in [-0.05, 0) is 73.7 Å². The molecule has 2 N–H and O–H groups in total. The average Bonchev–Trinajstić information content (AvgIpc) is 2.43. The molecule has 2 rings (SSSR count). The Morgan fingerprint density at radius 1 is 1.33 bits per heavy atom. The lowest BCUT2D eigenvalue weighted by atomic mass is 10.1. The van der Waals surface area contributed by atoms with E-state index in [-0.39, 0.29) is 6.04 Å². The highest BCUT2D eigenvalue weighted by atomic mass is 79.9. The molecule has 0 spiro atoms. The predicted octanol–water partition coefficient (Wildman–Crippen LogP) is 1.54. The number of benzene rings is 1. The Labute approximate surface area is 135 Å². The van der Waals surface area contributed by atoms with Crippen molar-refractivity contribution in [3.8, 4) is 0 Å². The van der Waals surface area contributed by atoms with E-state index >= 15 is 0 Å². The van der Waals surface area contributed by atoms with E-state index in [9.17, 15) is 8.42 Å². The molecule has 1 aliphatic heterocycles. The fourth-order valence-corrected chi connectivity index (χ4v) is 4.80. The van der Waals surface area contributed by atoms with E-state index < -0.39 is 10.0 Å². The van der Waals surface area contributed by atoms with Gasteiger partial charge in [-0.3, -0.25) is 0 Å². The minimum atomic E-state index is -3.49. The first kappa shape index (κ1) is 16.9. The van der Waals surface area contributed by atoms with Gasteiger partial charge in [0.1, 0.15) is 0 Å². The summed E-state index contributed by atoms with van der Waals surface area (Å²) in [6.07, 6.45) is 1.70. The Bertz CT molecular complexity index is 584. The summed E-state index contributed by atoms with van der Waals surface area (Å²) in [4.78, 5) is 2.53. The average molecular weight is 376 g/mol. The van der Waals surface area contributed by atoms with Crippen molar-refractivity contribution >= 4 is 26.0 Å². The minimum Gasteiger partial charge on any atom is -0.316 e. The Kier molecular flexibility index (Phi) is 5.79. The summed E-state index contributed by atoms with van der Waals surface area (Å²) in [5, 5.41) is 3.03. The van der Waals surface area contributed by atoms with Crippen molar-refractivity contribution in [1.82, 2.24) is 14.9 Å². The highest BCUT2D eigenvalue weighted by Crippen LogP contribution is 2.24. The Balaban J connectivity index is 2.17. The Morgan fingerprint density at radius 3 is 2.62 bits per heavy atom. The molecule has 0 radical (unpaired) electrons. The van der Waals surface area contributed by atoms with Crippen LogP contribution in [-0.4, -0.2) is 46.5 Å². The molecule has 0 amide bonds. The lowest BCUT2D eigenvalue weighted by molar-refractivity contribution is 0.248. The van der Waals surface area contributed by atoms with E-state index in [0.29, 0.717) is 15.9 Å². The van der Waals surface area contributed by atoms with Crippen LogP contribution in [0.4, 0.5) is 0 Å². The van der Waals surface area contributed by atoms with Crippen LogP contribution in [-0.2, 0) is 16.6 Å². The van der Waals surface area contributed by atoms with Crippen LogP contribution in [0, 0.1) is 0 Å². The van der Waals surface area contributed by atoms with E-state index in [4.69, 9.17) is 0 Å². The number of piperidine rings is 1. The van der Waals surface area contributed by atoms with Gasteiger partial charge in [-0.25, -0.2) is 13.1 Å². The van der Waals surface area contributed by atoms with Crippen LogP contribution in [0.1, 0.15) is 18.4 Å². The van der Waals surface area contributed by atoms with E-state index in [1.807, 2.05) is 13.1 Å². The lowest BCUT2D eigenvalue weighted by Crippen LogP contribution is -2.43. The zero-order valence-corrected chi connectivity index (χ0v) is 14.8. The molecule has 1 aromatic rings. The molecule has 0 saturated carbocycles. The monoisotopic (exact) mass is 375 g/mol. The zero-order chi connectivity index (χ0) is 15.5. The molecule has 0 atom stereocenters. The van der Waals surface area contributed by atoms with Crippen molar-refractivity contribution in [3.63, 3.8) is 0 Å². The second-order valence-electron chi connectivity index (χ2n) is 5.49. The second-order valence-corrected chi connectivity index (χ2v) is 8.03. The number of nitrogens with zero attached hydrogens (tertiary/aromatic N) is 1. The third-order valence-electron chi connectivity index (χ3n) is 3.71. The molecule has 1 heterocycles. The molecule has 1 aromatic carbocycles. The summed E-state index contributed by atoms with van der Waals surface area (Å²) < 4.78 is 28.6. The summed E-state index contributed by atoms with van der Waals surface area (Å²) in [7, 11) is 0.406. The van der Waals surface area contributed by atoms with Crippen LogP contribution in [0.5, 0.6) is 0 Å². The molecule has 21 heavy (non-hydrogen) atoms. The van der Waals surface area contributed by atoms with E-state index in [0.717, 1.165) is 31.5 Å². The fourth-order valence-electron chi connectivity index (χ4n) is 2.48. The van der Waals surface area contributed by atoms with Crippen molar-refractivity contribution in [2.45, 2.75) is 30.3 Å². The maximum Gasteiger partial charge on any atom is 0.241 e. The number of likely N-dealkylation sites (tertiary alicyclic amines) is 1. The molecule has 7 heteroatoms. The van der Waals surface area contributed by atoms with E-state index in [2.05, 4.69) is 37.9 Å². The van der Waals surface area contributed by atoms with Gasteiger partial charge in [0.15, 0.2) is 0 Å². The molecule has 0 aromatic heterocycles. The van der Waals surface area contributed by atoms with Crippen LogP contribution >= 0.6 is 15.9 Å². The first-order valence-electron chi connectivity index (χ1n) is 7.06. The molecule has 0 bridgehead atoms. The number of rotatable bonds is 5. The van der Waals surface area contributed by atoms with Crippen molar-refractivity contribution in [1.29, 1.82) is 0 Å². The Morgan fingerprint density at radius 2 is 2.00 bits per heavy atom. The first-order valence-corrected chi connectivity index (χ1v) is 9.34. The van der Waals surface area contributed by atoms with Gasteiger partial charge in [0.25, 0.3) is 0 Å². The van der Waals surface area contributed by atoms with Gasteiger partial charge in [0, 0.05) is 17.1 Å². The highest BCUT2D eigenvalue weighted by Gasteiger charge is 2.25. The van der Waals surface area contributed by atoms with Gasteiger partial charge < -0.3 is 10.2 Å². The molecule has 1 fully saturated rings. The summed E-state index contributed by atoms with van der Waals surface area (Å²) >= 11 is 3.34. The molecular formula is C14H22BrN3O2S. The van der Waals surface area contributed by atoms with Crippen LogP contribution in [0.15, 0.2) is 27.6 Å². The van der Waals surface area contributed by atoms with Gasteiger partial charge in [0.2, 0.25) is 10.0 Å². The Hall–Kier alpha value is -0.470. The summed E-state index contributed by atoms with van der Waals surface area (Å²) in [6.45, 7) is 2.49. The minimum absolute atomic E-state index is 0.0195. The maximum atomic E-state index is 12.6. The van der Waals surface area contributed by atoms with Crippen LogP contribution < -0.4 is 10.0 Å². The van der Waals surface area contributed by atoms with Crippen molar-refractivity contribution in [3.05, 3.63) is 28.2 Å². The summed E-state index contributed by atoms with van der Waals surface area (Å²) in [5.41, 5.74) is 0.949. The standard InChI is InChI=1S/C14H22BrN3O2S/c1-16-10-11-3-4-13(15)14(9-11)21(19,20)17-12-5-7-18(2)8-6-12/h3-4,9,12,16-17H,5-8,10H2,1-2H3. The topological polar surface area (TPSA) is 61.4 Å². The van der Waals surface area contributed by atoms with Gasteiger partial charge in [-0.2, -0.15) is 0 Å². The third-order valence-corrected chi connectivity index (χ3v) is 6.22. The smallest absolute Gasteiger partial charge is 0.241 e. The van der Waals surface area contributed by atoms with Gasteiger partial charge in [0.05, 0.1) is 4.90 Å². The molecule has 0 unspecified atom stereocenters. The van der Waals surface area contributed by atoms with E-state index in [1.54, 1.807) is 12.1 Å². The zero-order valence-electron chi connectivity index (χ0n) is 12.4. The van der Waals surface area contributed by atoms with Gasteiger partial charge in [-0.15, -0.1) is 0 Å². The van der Waals surface area contributed by atoms with Crippen LogP contribution in [0.3, 0.4) is 0 Å². The van der Waals surface area contributed by atoms with Gasteiger partial charge >= 0.3 is 0 Å². The molecule has 1 saturated heterocycles. The number of halogens is 1. The quantitative estimate of drug-likeness (QED) is 0.819. The first-order chi connectivity index (χ1) is 9.92. The normalized spacial score (nSPS) is 18.0. The SMILES string of the molecule is CNCc1ccc(Br)c(S(=O)(=O)NC2CCN(C)CC2)c1. The predicted molar refractivity (Wildman–Crippen MR) is 87.7 cm³/mol. The summed E-state index contributed by atoms with van der Waals surface area (Å²) in [6, 6.07) is 5.44. The van der Waals surface area contributed by atoms with Crippen molar-refractivity contribution < 1.29 is 8.42 Å². The fraction of sp³-hybridized carbons (Fsp3) is 0.571. The van der Waals surface area contributed by atoms with E-state index in [1.165, 1.54) is 0 Å². The van der Waals surface area contributed by atoms with Gasteiger partial charge in [-0.1, -0.05) is 6.07 Å². The summed E-state index contributed by atoms with van der Waals surface area (Å²) in [5.74, 6) is 0. The highest BCUT2D eigenvalue weighted by molar-refractivity contribution is 9.10. The number of hydrogen-bond acceptors (Lipinski definition) is 4. The van der Waals surface area contributed by atoms with Crippen molar-refractivity contribution in [2.24, 2.45) is 0 Å². The van der Waals surface area contributed by atoms with Crippen LogP contribution in [0.2, 0.25) is 0 Å². The molecule has 5 nitrogen and oxygen atoms in total. The molecular weight excluding hydrogens is 354 g/mol. The maximum absolute atomic E-state index is 12.6. The number of hydrogen-bond donors (Lipinski definition) is 2. The lowest BCUT2D eigenvalue weighted by Gasteiger charge is -2.29. The molecule has 1 aliphatic rings. The molecule has 0 aliphatic carbocycles. The largest absolute Gasteiger partial charge is 0.316 e. The second kappa shape index (κ2) is 7.19. The number of nitrogens with one attached hydrogen (secondary N) is 2. The van der Waals surface area contributed by atoms with Crippen molar-refractivity contribution in [2.75, 3.05) is 27.2 Å². The molecule has 118 valence electrons. The third kappa shape index (κ3) is 4.50. The number of sulfonamides is 1.